The number of anilines is 1. The lowest BCUT2D eigenvalue weighted by Gasteiger charge is -2.32. The predicted octanol–water partition coefficient (Wildman–Crippen LogP) is 2.52. The third kappa shape index (κ3) is 4.08. The van der Waals surface area contributed by atoms with Crippen molar-refractivity contribution in [2.75, 3.05) is 31.4 Å². The van der Waals surface area contributed by atoms with Crippen LogP contribution in [0.5, 0.6) is 5.75 Å². The van der Waals surface area contributed by atoms with E-state index in [0.717, 1.165) is 26.0 Å². The topological polar surface area (TPSA) is 47.7 Å². The number of benzene rings is 1. The molecular formula is C16H23FN2O2. The van der Waals surface area contributed by atoms with Gasteiger partial charge in [-0.25, -0.2) is 4.39 Å². The second kappa shape index (κ2) is 6.62. The molecule has 0 spiro atoms. The lowest BCUT2D eigenvalue weighted by Crippen LogP contribution is -2.43. The molecule has 2 aliphatic rings. The summed E-state index contributed by atoms with van der Waals surface area (Å²) in [6.07, 6.45) is 4.52. The van der Waals surface area contributed by atoms with E-state index < -0.39 is 0 Å². The molecule has 0 aromatic heterocycles. The minimum absolute atomic E-state index is 0.130. The number of hydrogen-bond donors (Lipinski definition) is 1. The van der Waals surface area contributed by atoms with Crippen molar-refractivity contribution in [1.82, 2.24) is 0 Å². The molecule has 0 bridgehead atoms. The zero-order valence-corrected chi connectivity index (χ0v) is 12.3. The fraction of sp³-hybridized carbons (Fsp3) is 0.625. The van der Waals surface area contributed by atoms with Crippen LogP contribution in [0, 0.1) is 11.7 Å². The highest BCUT2D eigenvalue weighted by molar-refractivity contribution is 5.51. The molecule has 2 fully saturated rings. The van der Waals surface area contributed by atoms with Gasteiger partial charge in [0.25, 0.3) is 0 Å². The Morgan fingerprint density at radius 1 is 1.29 bits per heavy atom. The van der Waals surface area contributed by atoms with Crippen LogP contribution in [0.1, 0.15) is 25.7 Å². The molecule has 0 amide bonds. The van der Waals surface area contributed by atoms with Gasteiger partial charge in [-0.15, -0.1) is 0 Å². The van der Waals surface area contributed by atoms with Crippen molar-refractivity contribution in [3.63, 3.8) is 0 Å². The molecule has 1 aliphatic heterocycles. The summed E-state index contributed by atoms with van der Waals surface area (Å²) in [6, 6.07) is 5.11. The maximum Gasteiger partial charge on any atom is 0.189 e. The van der Waals surface area contributed by atoms with Crippen molar-refractivity contribution in [3.8, 4) is 5.75 Å². The Hall–Kier alpha value is -1.33. The molecule has 1 atom stereocenters. The minimum Gasteiger partial charge on any atom is -0.467 e. The smallest absolute Gasteiger partial charge is 0.189 e. The molecule has 1 aromatic rings. The van der Waals surface area contributed by atoms with Gasteiger partial charge in [-0.05, 0) is 43.7 Å². The third-order valence-electron chi connectivity index (χ3n) is 4.08. The highest BCUT2D eigenvalue weighted by atomic mass is 19.1. The van der Waals surface area contributed by atoms with Crippen molar-refractivity contribution in [3.05, 3.63) is 24.0 Å². The van der Waals surface area contributed by atoms with Crippen LogP contribution in [0.2, 0.25) is 0 Å². The molecule has 2 N–H and O–H groups in total. The minimum atomic E-state index is -0.260. The summed E-state index contributed by atoms with van der Waals surface area (Å²) < 4.78 is 25.0. The Kier molecular flexibility index (Phi) is 4.60. The summed E-state index contributed by atoms with van der Waals surface area (Å²) in [5, 5.41) is 0. The third-order valence-corrected chi connectivity index (χ3v) is 4.08. The summed E-state index contributed by atoms with van der Waals surface area (Å²) in [5.74, 6) is 0.952. The van der Waals surface area contributed by atoms with Gasteiger partial charge in [0.05, 0.1) is 12.3 Å². The van der Waals surface area contributed by atoms with Gasteiger partial charge in [-0.1, -0.05) is 0 Å². The molecule has 1 aromatic carbocycles. The summed E-state index contributed by atoms with van der Waals surface area (Å²) in [7, 11) is 0. The number of nitrogens with zero attached hydrogens (tertiary/aromatic N) is 1. The first-order chi connectivity index (χ1) is 10.2. The van der Waals surface area contributed by atoms with Gasteiger partial charge >= 0.3 is 0 Å². The molecule has 4 nitrogen and oxygen atoms in total. The highest BCUT2D eigenvalue weighted by Crippen LogP contribution is 2.29. The predicted molar refractivity (Wildman–Crippen MR) is 80.0 cm³/mol. The van der Waals surface area contributed by atoms with Crippen LogP contribution in [0.4, 0.5) is 10.1 Å². The van der Waals surface area contributed by atoms with E-state index >= 15 is 0 Å². The highest BCUT2D eigenvalue weighted by Gasteiger charge is 2.21. The number of rotatable bonds is 6. The molecule has 0 radical (unpaired) electrons. The van der Waals surface area contributed by atoms with Gasteiger partial charge in [0, 0.05) is 25.2 Å². The summed E-state index contributed by atoms with van der Waals surface area (Å²) in [6.45, 7) is 2.49. The molecule has 5 heteroatoms. The second-order valence-electron chi connectivity index (χ2n) is 6.04. The summed E-state index contributed by atoms with van der Waals surface area (Å²) >= 11 is 0. The normalized spacial score (nSPS) is 22.4. The lowest BCUT2D eigenvalue weighted by molar-refractivity contribution is 0.00984. The largest absolute Gasteiger partial charge is 0.467 e. The Morgan fingerprint density at radius 2 is 2.14 bits per heavy atom. The Labute approximate surface area is 125 Å². The van der Waals surface area contributed by atoms with Crippen molar-refractivity contribution in [2.45, 2.75) is 31.7 Å². The van der Waals surface area contributed by atoms with E-state index in [2.05, 4.69) is 0 Å². The van der Waals surface area contributed by atoms with Gasteiger partial charge in [0.15, 0.2) is 6.79 Å². The maximum absolute atomic E-state index is 14.2. The monoisotopic (exact) mass is 294 g/mol. The average Bonchev–Trinajstić information content (AvgIpc) is 3.28. The van der Waals surface area contributed by atoms with Crippen molar-refractivity contribution >= 4 is 5.69 Å². The second-order valence-corrected chi connectivity index (χ2v) is 6.04. The molecule has 3 rings (SSSR count). The van der Waals surface area contributed by atoms with Crippen LogP contribution in [0.25, 0.3) is 0 Å². The van der Waals surface area contributed by atoms with E-state index in [9.17, 15) is 4.39 Å². The van der Waals surface area contributed by atoms with Crippen LogP contribution in [0.15, 0.2) is 18.2 Å². The Morgan fingerprint density at radius 3 is 2.86 bits per heavy atom. The van der Waals surface area contributed by atoms with Gasteiger partial charge in [0.2, 0.25) is 0 Å². The van der Waals surface area contributed by atoms with E-state index in [4.69, 9.17) is 15.2 Å². The average molecular weight is 294 g/mol. The van der Waals surface area contributed by atoms with E-state index in [-0.39, 0.29) is 18.7 Å². The molecule has 1 unspecified atom stereocenters. The number of halogens is 1. The van der Waals surface area contributed by atoms with Crippen LogP contribution >= 0.6 is 0 Å². The number of ether oxygens (including phenoxy) is 2. The van der Waals surface area contributed by atoms with Crippen molar-refractivity contribution < 1.29 is 13.9 Å². The van der Waals surface area contributed by atoms with E-state index in [0.29, 0.717) is 23.9 Å². The SMILES string of the molecule is NC1CCCN(c2ccc(OCOCC3CC3)cc2F)C1. The molecular weight excluding hydrogens is 271 g/mol. The first-order valence-corrected chi connectivity index (χ1v) is 7.73. The van der Waals surface area contributed by atoms with Gasteiger partial charge in [-0.2, -0.15) is 0 Å². The molecule has 21 heavy (non-hydrogen) atoms. The van der Waals surface area contributed by atoms with Crippen molar-refractivity contribution in [1.29, 1.82) is 0 Å². The Balaban J connectivity index is 1.54. The van der Waals surface area contributed by atoms with Crippen LogP contribution < -0.4 is 15.4 Å². The zero-order chi connectivity index (χ0) is 14.7. The molecule has 1 saturated carbocycles. The quantitative estimate of drug-likeness (QED) is 0.647. The van der Waals surface area contributed by atoms with Crippen LogP contribution in [-0.4, -0.2) is 32.5 Å². The zero-order valence-electron chi connectivity index (χ0n) is 12.3. The number of nitrogens with two attached hydrogens (primary N) is 1. The molecule has 116 valence electrons. The van der Waals surface area contributed by atoms with E-state index in [1.54, 1.807) is 12.1 Å². The molecule has 1 aliphatic carbocycles. The Bertz CT molecular complexity index is 479. The number of piperidine rings is 1. The lowest BCUT2D eigenvalue weighted by atomic mass is 10.1. The maximum atomic E-state index is 14.2. The van der Waals surface area contributed by atoms with Crippen molar-refractivity contribution in [2.24, 2.45) is 11.7 Å². The van der Waals surface area contributed by atoms with Gasteiger partial charge in [0.1, 0.15) is 11.6 Å². The first kappa shape index (κ1) is 14.6. The number of hydrogen-bond acceptors (Lipinski definition) is 4. The standard InChI is InChI=1S/C16H23FN2O2/c17-15-8-14(21-11-20-10-12-3-4-12)5-6-16(15)19-7-1-2-13(18)9-19/h5-6,8,12-13H,1-4,7,9-11,18H2. The van der Waals surface area contributed by atoms with Crippen LogP contribution in [0.3, 0.4) is 0 Å². The summed E-state index contributed by atoms with van der Waals surface area (Å²) in [4.78, 5) is 2.01. The molecule has 1 heterocycles. The first-order valence-electron chi connectivity index (χ1n) is 7.73. The van der Waals surface area contributed by atoms with Gasteiger partial charge < -0.3 is 20.1 Å². The van der Waals surface area contributed by atoms with Gasteiger partial charge in [-0.3, -0.25) is 0 Å². The summed E-state index contributed by atoms with van der Waals surface area (Å²) in [5.41, 5.74) is 6.56. The van der Waals surface area contributed by atoms with E-state index in [1.165, 1.54) is 18.9 Å². The molecule has 1 saturated heterocycles. The van der Waals surface area contributed by atoms with E-state index in [1.807, 2.05) is 4.90 Å². The van der Waals surface area contributed by atoms with Crippen LogP contribution in [-0.2, 0) is 4.74 Å². The fourth-order valence-corrected chi connectivity index (χ4v) is 2.67. The fourth-order valence-electron chi connectivity index (χ4n) is 2.67.